The highest BCUT2D eigenvalue weighted by molar-refractivity contribution is 7.09. The molecule has 0 unspecified atom stereocenters. The molecule has 0 aliphatic rings. The van der Waals surface area contributed by atoms with Gasteiger partial charge in [0.05, 0.1) is 6.54 Å². The Labute approximate surface area is 117 Å². The zero-order valence-corrected chi connectivity index (χ0v) is 12.3. The van der Waals surface area contributed by atoms with Crippen LogP contribution in [0.15, 0.2) is 11.4 Å². The zero-order chi connectivity index (χ0) is 13.7. The van der Waals surface area contributed by atoms with E-state index in [1.165, 1.54) is 0 Å². The minimum Gasteiger partial charge on any atom is -0.373 e. The largest absolute Gasteiger partial charge is 0.373 e. The van der Waals surface area contributed by atoms with Crippen LogP contribution in [0.2, 0.25) is 0 Å². The van der Waals surface area contributed by atoms with Crippen molar-refractivity contribution in [1.29, 1.82) is 0 Å². The molecule has 19 heavy (non-hydrogen) atoms. The van der Waals surface area contributed by atoms with Crippen LogP contribution < -0.4 is 10.6 Å². The van der Waals surface area contributed by atoms with Crippen LogP contribution in [0, 0.1) is 6.92 Å². The van der Waals surface area contributed by atoms with Crippen LogP contribution >= 0.6 is 11.3 Å². The van der Waals surface area contributed by atoms with Crippen LogP contribution in [0.3, 0.4) is 0 Å². The van der Waals surface area contributed by atoms with Crippen molar-refractivity contribution < 1.29 is 0 Å². The fourth-order valence-electron chi connectivity index (χ4n) is 1.70. The second-order valence-corrected chi connectivity index (χ2v) is 5.23. The summed E-state index contributed by atoms with van der Waals surface area (Å²) >= 11 is 1.66. The number of aryl methyl sites for hydroxylation is 2. The summed E-state index contributed by atoms with van der Waals surface area (Å²) in [5, 5.41) is 9.49. The fraction of sp³-hybridized carbons (Fsp3) is 0.462. The molecule has 0 saturated heterocycles. The number of thiazole rings is 1. The molecule has 5 nitrogen and oxygen atoms in total. The van der Waals surface area contributed by atoms with Gasteiger partial charge in [0.25, 0.3) is 0 Å². The van der Waals surface area contributed by atoms with Crippen molar-refractivity contribution in [3.05, 3.63) is 28.0 Å². The van der Waals surface area contributed by atoms with E-state index in [-0.39, 0.29) is 0 Å². The predicted molar refractivity (Wildman–Crippen MR) is 79.8 cm³/mol. The normalized spacial score (nSPS) is 10.5. The second-order valence-electron chi connectivity index (χ2n) is 4.29. The molecule has 2 aromatic heterocycles. The predicted octanol–water partition coefficient (Wildman–Crippen LogP) is 2.85. The maximum Gasteiger partial charge on any atom is 0.133 e. The molecule has 2 N–H and O–H groups in total. The SMILES string of the molecule is CCCc1nc(NC)cc(NCc2nc(C)cs2)n1. The van der Waals surface area contributed by atoms with Crippen molar-refractivity contribution in [3.8, 4) is 0 Å². The zero-order valence-electron chi connectivity index (χ0n) is 11.5. The molecule has 0 aliphatic carbocycles. The molecule has 0 amide bonds. The molecule has 0 saturated carbocycles. The Balaban J connectivity index is 2.08. The number of anilines is 2. The minimum atomic E-state index is 0.699. The monoisotopic (exact) mass is 277 g/mol. The van der Waals surface area contributed by atoms with Crippen LogP contribution in [0.5, 0.6) is 0 Å². The highest BCUT2D eigenvalue weighted by Gasteiger charge is 2.04. The first kappa shape index (κ1) is 13.7. The first-order chi connectivity index (χ1) is 9.21. The lowest BCUT2D eigenvalue weighted by atomic mass is 10.3. The third-order valence-corrected chi connectivity index (χ3v) is 3.56. The molecule has 0 aliphatic heterocycles. The van der Waals surface area contributed by atoms with Gasteiger partial charge in [-0.25, -0.2) is 15.0 Å². The van der Waals surface area contributed by atoms with Gasteiger partial charge in [0, 0.05) is 30.6 Å². The van der Waals surface area contributed by atoms with Crippen molar-refractivity contribution in [2.45, 2.75) is 33.2 Å². The van der Waals surface area contributed by atoms with Gasteiger partial charge >= 0.3 is 0 Å². The summed E-state index contributed by atoms with van der Waals surface area (Å²) in [5.74, 6) is 2.55. The van der Waals surface area contributed by atoms with E-state index in [0.29, 0.717) is 6.54 Å². The Bertz CT molecular complexity index is 538. The van der Waals surface area contributed by atoms with Gasteiger partial charge in [-0.15, -0.1) is 11.3 Å². The van der Waals surface area contributed by atoms with E-state index in [1.54, 1.807) is 11.3 Å². The summed E-state index contributed by atoms with van der Waals surface area (Å²) in [6.07, 6.45) is 1.93. The maximum absolute atomic E-state index is 4.51. The van der Waals surface area contributed by atoms with Crippen molar-refractivity contribution >= 4 is 23.0 Å². The molecular weight excluding hydrogens is 258 g/mol. The summed E-state index contributed by atoms with van der Waals surface area (Å²) in [7, 11) is 1.87. The minimum absolute atomic E-state index is 0.699. The number of nitrogens with zero attached hydrogens (tertiary/aromatic N) is 3. The third kappa shape index (κ3) is 3.89. The standard InChI is InChI=1S/C13H19N5S/c1-4-5-10-17-11(14-3)6-12(18-10)15-7-13-16-9(2)8-19-13/h6,8H,4-5,7H2,1-3H3,(H2,14,15,17,18). The van der Waals surface area contributed by atoms with E-state index < -0.39 is 0 Å². The summed E-state index contributed by atoms with van der Waals surface area (Å²) in [5.41, 5.74) is 1.06. The molecular formula is C13H19N5S. The number of hydrogen-bond donors (Lipinski definition) is 2. The van der Waals surface area contributed by atoms with E-state index in [2.05, 4.69) is 37.9 Å². The topological polar surface area (TPSA) is 62.7 Å². The molecule has 2 rings (SSSR count). The number of rotatable bonds is 6. The highest BCUT2D eigenvalue weighted by atomic mass is 32.1. The summed E-state index contributed by atoms with van der Waals surface area (Å²) in [6, 6.07) is 1.92. The Morgan fingerprint density at radius 1 is 1.21 bits per heavy atom. The van der Waals surface area contributed by atoms with Crippen molar-refractivity contribution in [3.63, 3.8) is 0 Å². The summed E-state index contributed by atoms with van der Waals surface area (Å²) in [4.78, 5) is 13.4. The van der Waals surface area contributed by atoms with Crippen LogP contribution in [0.4, 0.5) is 11.6 Å². The fourth-order valence-corrected chi connectivity index (χ4v) is 2.41. The molecule has 0 radical (unpaired) electrons. The summed E-state index contributed by atoms with van der Waals surface area (Å²) < 4.78 is 0. The van der Waals surface area contributed by atoms with Gasteiger partial charge in [-0.3, -0.25) is 0 Å². The summed E-state index contributed by atoms with van der Waals surface area (Å²) in [6.45, 7) is 4.83. The van der Waals surface area contributed by atoms with Gasteiger partial charge in [-0.1, -0.05) is 6.92 Å². The Kier molecular flexibility index (Phi) is 4.68. The Morgan fingerprint density at radius 3 is 2.63 bits per heavy atom. The molecule has 0 fully saturated rings. The smallest absolute Gasteiger partial charge is 0.133 e. The molecule has 0 spiro atoms. The highest BCUT2D eigenvalue weighted by Crippen LogP contribution is 2.15. The second kappa shape index (κ2) is 6.47. The number of hydrogen-bond acceptors (Lipinski definition) is 6. The third-order valence-electron chi connectivity index (χ3n) is 2.59. The van der Waals surface area contributed by atoms with Gasteiger partial charge in [0.15, 0.2) is 0 Å². The van der Waals surface area contributed by atoms with E-state index in [0.717, 1.165) is 41.0 Å². The van der Waals surface area contributed by atoms with Crippen molar-refractivity contribution in [2.75, 3.05) is 17.7 Å². The average Bonchev–Trinajstić information content (AvgIpc) is 2.82. The maximum atomic E-state index is 4.51. The van der Waals surface area contributed by atoms with Gasteiger partial charge in [0.2, 0.25) is 0 Å². The van der Waals surface area contributed by atoms with Crippen LogP contribution in [-0.2, 0) is 13.0 Å². The molecule has 0 aromatic carbocycles. The molecule has 6 heteroatoms. The average molecular weight is 277 g/mol. The lowest BCUT2D eigenvalue weighted by Crippen LogP contribution is -2.06. The lowest BCUT2D eigenvalue weighted by Gasteiger charge is -2.08. The van der Waals surface area contributed by atoms with Gasteiger partial charge in [0.1, 0.15) is 22.5 Å². The first-order valence-corrected chi connectivity index (χ1v) is 7.29. The lowest BCUT2D eigenvalue weighted by molar-refractivity contribution is 0.835. The van der Waals surface area contributed by atoms with E-state index in [4.69, 9.17) is 0 Å². The molecule has 2 aromatic rings. The molecule has 102 valence electrons. The Hall–Kier alpha value is -1.69. The van der Waals surface area contributed by atoms with E-state index in [9.17, 15) is 0 Å². The number of aromatic nitrogens is 3. The first-order valence-electron chi connectivity index (χ1n) is 6.42. The van der Waals surface area contributed by atoms with Gasteiger partial charge in [-0.05, 0) is 13.3 Å². The molecule has 0 atom stereocenters. The quantitative estimate of drug-likeness (QED) is 0.850. The van der Waals surface area contributed by atoms with Crippen LogP contribution in [0.25, 0.3) is 0 Å². The van der Waals surface area contributed by atoms with Gasteiger partial charge in [-0.2, -0.15) is 0 Å². The number of nitrogens with one attached hydrogen (secondary N) is 2. The van der Waals surface area contributed by atoms with E-state index in [1.807, 2.05) is 20.0 Å². The molecule has 0 bridgehead atoms. The molecule has 2 heterocycles. The van der Waals surface area contributed by atoms with E-state index >= 15 is 0 Å². The Morgan fingerprint density at radius 2 is 2.00 bits per heavy atom. The van der Waals surface area contributed by atoms with Crippen LogP contribution in [-0.4, -0.2) is 22.0 Å². The van der Waals surface area contributed by atoms with Crippen molar-refractivity contribution in [2.24, 2.45) is 0 Å². The van der Waals surface area contributed by atoms with Crippen LogP contribution in [0.1, 0.15) is 29.9 Å². The van der Waals surface area contributed by atoms with Gasteiger partial charge < -0.3 is 10.6 Å². The van der Waals surface area contributed by atoms with Crippen molar-refractivity contribution in [1.82, 2.24) is 15.0 Å².